The van der Waals surface area contributed by atoms with Crippen molar-refractivity contribution in [2.75, 3.05) is 0 Å². The van der Waals surface area contributed by atoms with Crippen LogP contribution in [0.25, 0.3) is 11.3 Å². The molecule has 0 bridgehead atoms. The molecule has 2 nitrogen and oxygen atoms in total. The Bertz CT molecular complexity index is 500. The Hall–Kier alpha value is -1.28. The first-order valence-corrected chi connectivity index (χ1v) is 5.75. The number of aryl methyl sites for hydroxylation is 1. The molecular weight excluding hydrogens is 220 g/mol. The van der Waals surface area contributed by atoms with Crippen molar-refractivity contribution in [2.45, 2.75) is 19.8 Å². The predicted octanol–water partition coefficient (Wildman–Crippen LogP) is 3.86. The van der Waals surface area contributed by atoms with Gasteiger partial charge < -0.3 is 0 Å². The third kappa shape index (κ3) is 2.12. The Balaban J connectivity index is 2.57. The second-order valence-electron chi connectivity index (χ2n) is 4.26. The van der Waals surface area contributed by atoms with Crippen LogP contribution in [0.5, 0.6) is 0 Å². The molecule has 0 saturated carbocycles. The first-order valence-electron chi connectivity index (χ1n) is 5.37. The molecule has 2 rings (SSSR count). The van der Waals surface area contributed by atoms with Crippen LogP contribution < -0.4 is 0 Å². The lowest BCUT2D eigenvalue weighted by atomic mass is 9.95. The predicted molar refractivity (Wildman–Crippen MR) is 67.7 cm³/mol. The largest absolute Gasteiger partial charge is 0.275 e. The molecule has 0 aliphatic heterocycles. The third-order valence-electron chi connectivity index (χ3n) is 2.63. The molecule has 0 N–H and O–H groups in total. The van der Waals surface area contributed by atoms with Crippen molar-refractivity contribution in [3.05, 3.63) is 41.0 Å². The van der Waals surface area contributed by atoms with E-state index >= 15 is 0 Å². The van der Waals surface area contributed by atoms with E-state index in [9.17, 15) is 0 Å². The molecule has 0 spiro atoms. The van der Waals surface area contributed by atoms with Crippen LogP contribution in [0.1, 0.15) is 25.3 Å². The minimum atomic E-state index is 0.467. The van der Waals surface area contributed by atoms with E-state index in [2.05, 4.69) is 25.0 Å². The fourth-order valence-electron chi connectivity index (χ4n) is 1.81. The van der Waals surface area contributed by atoms with E-state index in [1.54, 1.807) is 4.68 Å². The zero-order chi connectivity index (χ0) is 11.7. The third-order valence-corrected chi connectivity index (χ3v) is 2.86. The lowest BCUT2D eigenvalue weighted by molar-refractivity contribution is 0.769. The van der Waals surface area contributed by atoms with E-state index in [4.69, 9.17) is 11.6 Å². The summed E-state index contributed by atoms with van der Waals surface area (Å²) in [5.74, 6) is 0.467. The molecule has 1 heterocycles. The minimum absolute atomic E-state index is 0.467. The molecule has 0 radical (unpaired) electrons. The Kier molecular flexibility index (Phi) is 3.01. The standard InChI is InChI=1S/C13H15ClN2/c1-9(2)11-5-4-10(14)8-12(11)13-6-7-16(3)15-13/h4-9H,1-3H3. The summed E-state index contributed by atoms with van der Waals surface area (Å²) >= 11 is 6.04. The van der Waals surface area contributed by atoms with Crippen LogP contribution in [0.4, 0.5) is 0 Å². The monoisotopic (exact) mass is 234 g/mol. The van der Waals surface area contributed by atoms with Gasteiger partial charge in [0, 0.05) is 23.8 Å². The quantitative estimate of drug-likeness (QED) is 0.772. The van der Waals surface area contributed by atoms with Crippen LogP contribution >= 0.6 is 11.6 Å². The van der Waals surface area contributed by atoms with Gasteiger partial charge in [0.1, 0.15) is 0 Å². The van der Waals surface area contributed by atoms with E-state index in [-0.39, 0.29) is 0 Å². The van der Waals surface area contributed by atoms with Crippen LogP contribution in [-0.4, -0.2) is 9.78 Å². The fraction of sp³-hybridized carbons (Fsp3) is 0.308. The van der Waals surface area contributed by atoms with Gasteiger partial charge >= 0.3 is 0 Å². The maximum absolute atomic E-state index is 6.04. The normalized spacial score (nSPS) is 11.1. The summed E-state index contributed by atoms with van der Waals surface area (Å²) in [6, 6.07) is 8.01. The summed E-state index contributed by atoms with van der Waals surface area (Å²) in [5, 5.41) is 5.18. The summed E-state index contributed by atoms with van der Waals surface area (Å²) in [4.78, 5) is 0. The van der Waals surface area contributed by atoms with Crippen LogP contribution in [0, 0.1) is 0 Å². The van der Waals surface area contributed by atoms with Gasteiger partial charge in [-0.3, -0.25) is 4.68 Å². The van der Waals surface area contributed by atoms with Gasteiger partial charge in [-0.15, -0.1) is 0 Å². The molecule has 84 valence electrons. The lowest BCUT2D eigenvalue weighted by Gasteiger charge is -2.11. The fourth-order valence-corrected chi connectivity index (χ4v) is 1.98. The van der Waals surface area contributed by atoms with Crippen molar-refractivity contribution in [3.8, 4) is 11.3 Å². The van der Waals surface area contributed by atoms with Gasteiger partial charge in [0.05, 0.1) is 5.69 Å². The average molecular weight is 235 g/mol. The van der Waals surface area contributed by atoms with E-state index in [0.717, 1.165) is 16.3 Å². The molecule has 0 aliphatic rings. The number of rotatable bonds is 2. The van der Waals surface area contributed by atoms with Gasteiger partial charge in [-0.25, -0.2) is 0 Å². The number of hydrogen-bond donors (Lipinski definition) is 0. The molecule has 3 heteroatoms. The first-order chi connectivity index (χ1) is 7.58. The van der Waals surface area contributed by atoms with Gasteiger partial charge in [0.25, 0.3) is 0 Å². The summed E-state index contributed by atoms with van der Waals surface area (Å²) in [6.07, 6.45) is 1.94. The molecule has 0 atom stereocenters. The molecule has 0 aliphatic carbocycles. The van der Waals surface area contributed by atoms with Crippen molar-refractivity contribution in [1.29, 1.82) is 0 Å². The Morgan fingerprint density at radius 2 is 2.00 bits per heavy atom. The highest BCUT2D eigenvalue weighted by Gasteiger charge is 2.11. The van der Waals surface area contributed by atoms with Gasteiger partial charge in [-0.2, -0.15) is 5.10 Å². The molecule has 0 amide bonds. The Labute approximate surface area is 101 Å². The van der Waals surface area contributed by atoms with E-state index < -0.39 is 0 Å². The van der Waals surface area contributed by atoms with Crippen molar-refractivity contribution < 1.29 is 0 Å². The molecule has 16 heavy (non-hydrogen) atoms. The molecule has 0 saturated heterocycles. The van der Waals surface area contributed by atoms with Gasteiger partial charge in [-0.1, -0.05) is 31.5 Å². The summed E-state index contributed by atoms with van der Waals surface area (Å²) in [5.41, 5.74) is 3.39. The summed E-state index contributed by atoms with van der Waals surface area (Å²) in [7, 11) is 1.92. The van der Waals surface area contributed by atoms with Crippen molar-refractivity contribution in [2.24, 2.45) is 7.05 Å². The number of benzene rings is 1. The Morgan fingerprint density at radius 3 is 2.56 bits per heavy atom. The van der Waals surface area contributed by atoms with Crippen LogP contribution in [0.2, 0.25) is 5.02 Å². The zero-order valence-corrected chi connectivity index (χ0v) is 10.5. The maximum Gasteiger partial charge on any atom is 0.0926 e. The molecule has 1 aromatic carbocycles. The topological polar surface area (TPSA) is 17.8 Å². The van der Waals surface area contributed by atoms with E-state index in [0.29, 0.717) is 5.92 Å². The van der Waals surface area contributed by atoms with Crippen LogP contribution in [0.3, 0.4) is 0 Å². The minimum Gasteiger partial charge on any atom is -0.275 e. The van der Waals surface area contributed by atoms with Gasteiger partial charge in [0.15, 0.2) is 0 Å². The smallest absolute Gasteiger partial charge is 0.0926 e. The SMILES string of the molecule is CC(C)c1ccc(Cl)cc1-c1ccn(C)n1. The zero-order valence-electron chi connectivity index (χ0n) is 9.74. The molecule has 1 aromatic heterocycles. The second kappa shape index (κ2) is 4.30. The van der Waals surface area contributed by atoms with Crippen molar-refractivity contribution in [1.82, 2.24) is 9.78 Å². The lowest BCUT2D eigenvalue weighted by Crippen LogP contribution is -1.94. The molecule has 0 unspecified atom stereocenters. The van der Waals surface area contributed by atoms with Crippen LogP contribution in [-0.2, 0) is 7.05 Å². The van der Waals surface area contributed by atoms with Crippen molar-refractivity contribution >= 4 is 11.6 Å². The summed E-state index contributed by atoms with van der Waals surface area (Å²) in [6.45, 7) is 4.35. The second-order valence-corrected chi connectivity index (χ2v) is 4.70. The highest BCUT2D eigenvalue weighted by Crippen LogP contribution is 2.30. The maximum atomic E-state index is 6.04. The highest BCUT2D eigenvalue weighted by molar-refractivity contribution is 6.30. The number of halogens is 1. The number of nitrogens with zero attached hydrogens (tertiary/aromatic N) is 2. The number of hydrogen-bond acceptors (Lipinski definition) is 1. The van der Waals surface area contributed by atoms with Crippen molar-refractivity contribution in [3.63, 3.8) is 0 Å². The average Bonchev–Trinajstić information content (AvgIpc) is 2.64. The molecule has 0 fully saturated rings. The number of aromatic nitrogens is 2. The van der Waals surface area contributed by atoms with E-state index in [1.807, 2.05) is 31.4 Å². The van der Waals surface area contributed by atoms with Gasteiger partial charge in [0.2, 0.25) is 0 Å². The van der Waals surface area contributed by atoms with Crippen LogP contribution in [0.15, 0.2) is 30.5 Å². The van der Waals surface area contributed by atoms with E-state index in [1.165, 1.54) is 5.56 Å². The molecular formula is C13H15ClN2. The summed E-state index contributed by atoms with van der Waals surface area (Å²) < 4.78 is 1.81. The van der Waals surface area contributed by atoms with Gasteiger partial charge in [-0.05, 0) is 29.7 Å². The highest BCUT2D eigenvalue weighted by atomic mass is 35.5. The Morgan fingerprint density at radius 1 is 1.25 bits per heavy atom. The first kappa shape index (κ1) is 11.2. The molecule has 2 aromatic rings.